The minimum atomic E-state index is -1.04. The summed E-state index contributed by atoms with van der Waals surface area (Å²) in [6, 6.07) is 34.1. The second kappa shape index (κ2) is 14.9. The fourth-order valence-electron chi connectivity index (χ4n) is 5.40. The average Bonchev–Trinajstić information content (AvgIpc) is 3.11. The molecule has 0 aliphatic heterocycles. The fraction of sp³-hybridized carbons (Fsp3) is 0.128. The van der Waals surface area contributed by atoms with E-state index in [1.54, 1.807) is 67.7 Å². The van der Waals surface area contributed by atoms with Gasteiger partial charge >= 0.3 is 18.0 Å². The zero-order chi connectivity index (χ0) is 34.2. The molecule has 0 fully saturated rings. The van der Waals surface area contributed by atoms with Gasteiger partial charge in [-0.05, 0) is 71.1 Å². The normalized spacial score (nSPS) is 11.3. The summed E-state index contributed by atoms with van der Waals surface area (Å²) in [6.45, 7) is 1.86. The highest BCUT2D eigenvalue weighted by Crippen LogP contribution is 2.27. The van der Waals surface area contributed by atoms with Crippen molar-refractivity contribution in [3.63, 3.8) is 0 Å². The Morgan fingerprint density at radius 3 is 2.12 bits per heavy atom. The summed E-state index contributed by atoms with van der Waals surface area (Å²) in [7, 11) is 1.65. The van der Waals surface area contributed by atoms with Crippen LogP contribution in [0.25, 0.3) is 11.1 Å². The third-order valence-electron chi connectivity index (χ3n) is 8.07. The molecule has 2 amide bonds. The van der Waals surface area contributed by atoms with Crippen molar-refractivity contribution in [1.82, 2.24) is 0 Å². The largest absolute Gasteiger partial charge is 0.480 e. The molecule has 0 unspecified atom stereocenters. The predicted octanol–water partition coefficient (Wildman–Crippen LogP) is 7.62. The summed E-state index contributed by atoms with van der Waals surface area (Å²) < 4.78 is 0. The summed E-state index contributed by atoms with van der Waals surface area (Å²) in [5.74, 6) is -2.25. The number of nitrogens with zero attached hydrogens (tertiary/aromatic N) is 1. The minimum Gasteiger partial charge on any atom is -0.480 e. The van der Waals surface area contributed by atoms with Crippen LogP contribution in [0.3, 0.4) is 0 Å². The zero-order valence-electron chi connectivity index (χ0n) is 26.5. The van der Waals surface area contributed by atoms with Gasteiger partial charge in [-0.1, -0.05) is 85.8 Å². The molecule has 48 heavy (non-hydrogen) atoms. The van der Waals surface area contributed by atoms with Gasteiger partial charge in [0.25, 0.3) is 0 Å². The first-order chi connectivity index (χ1) is 23.1. The van der Waals surface area contributed by atoms with Crippen LogP contribution in [0.15, 0.2) is 121 Å². The van der Waals surface area contributed by atoms with Gasteiger partial charge in [-0.2, -0.15) is 0 Å². The molecule has 0 heterocycles. The Bertz CT molecular complexity index is 1960. The van der Waals surface area contributed by atoms with Crippen LogP contribution in [0.1, 0.15) is 44.3 Å². The molecule has 0 bridgehead atoms. The number of urea groups is 1. The molecule has 242 valence electrons. The number of ketones is 1. The van der Waals surface area contributed by atoms with Crippen molar-refractivity contribution < 1.29 is 29.4 Å². The molecule has 9 heteroatoms. The molecule has 0 saturated heterocycles. The van der Waals surface area contributed by atoms with Gasteiger partial charge in [0, 0.05) is 41.7 Å². The monoisotopic (exact) mass is 641 g/mol. The first-order valence-corrected chi connectivity index (χ1v) is 15.4. The number of amides is 2. The van der Waals surface area contributed by atoms with Crippen molar-refractivity contribution in [3.8, 4) is 11.1 Å². The Kier molecular flexibility index (Phi) is 10.3. The van der Waals surface area contributed by atoms with E-state index in [2.05, 4.69) is 10.6 Å². The van der Waals surface area contributed by atoms with Crippen molar-refractivity contribution in [2.24, 2.45) is 0 Å². The van der Waals surface area contributed by atoms with E-state index in [1.165, 1.54) is 11.0 Å². The standard InChI is InChI=1S/C39H35N3O6/c1-3-26-23-30(20-21-32(26)37(44)45)40-39(48)42(2)31-13-9-12-29(24-31)27-18-16-25(17-19-27)22-35(38(46)47)41-34-15-8-7-14-33(34)36(43)28-10-5-4-6-11-28/h4-21,23-24,35,41H,3,22H2,1-2H3,(H,40,48)(H,44,45)(H,46,47)/t35-/m0/s1. The van der Waals surface area contributed by atoms with Crippen LogP contribution in [-0.2, 0) is 17.6 Å². The number of hydrogen-bond acceptors (Lipinski definition) is 5. The highest BCUT2D eigenvalue weighted by atomic mass is 16.4. The number of carboxylic acid groups (broad SMARTS) is 2. The molecule has 1 atom stereocenters. The molecule has 0 radical (unpaired) electrons. The summed E-state index contributed by atoms with van der Waals surface area (Å²) in [5, 5.41) is 25.3. The van der Waals surface area contributed by atoms with Crippen molar-refractivity contribution in [2.45, 2.75) is 25.8 Å². The Balaban J connectivity index is 1.27. The van der Waals surface area contributed by atoms with Gasteiger partial charge < -0.3 is 20.8 Å². The number of carbonyl (C=O) groups excluding carboxylic acids is 2. The van der Waals surface area contributed by atoms with Crippen LogP contribution in [0.5, 0.6) is 0 Å². The number of anilines is 3. The van der Waals surface area contributed by atoms with Crippen LogP contribution < -0.4 is 15.5 Å². The number of aliphatic carboxylic acids is 1. The summed E-state index contributed by atoms with van der Waals surface area (Å²) in [6.07, 6.45) is 0.693. The molecule has 5 aromatic rings. The number of nitrogens with one attached hydrogen (secondary N) is 2. The zero-order valence-corrected chi connectivity index (χ0v) is 26.5. The van der Waals surface area contributed by atoms with E-state index in [9.17, 15) is 29.4 Å². The van der Waals surface area contributed by atoms with E-state index < -0.39 is 18.0 Å². The van der Waals surface area contributed by atoms with Crippen LogP contribution in [-0.4, -0.2) is 47.1 Å². The van der Waals surface area contributed by atoms with Crippen molar-refractivity contribution in [1.29, 1.82) is 0 Å². The van der Waals surface area contributed by atoms with Crippen molar-refractivity contribution >= 4 is 40.8 Å². The molecule has 5 rings (SSSR count). The molecule has 0 aliphatic rings. The number of rotatable bonds is 12. The van der Waals surface area contributed by atoms with Crippen LogP contribution in [0.2, 0.25) is 0 Å². The quantitative estimate of drug-likeness (QED) is 0.103. The molecule has 4 N–H and O–H groups in total. The lowest BCUT2D eigenvalue weighted by atomic mass is 9.98. The summed E-state index contributed by atoms with van der Waals surface area (Å²) in [4.78, 5) is 51.4. The number of aromatic carboxylic acids is 1. The first kappa shape index (κ1) is 33.2. The highest BCUT2D eigenvalue weighted by Gasteiger charge is 2.22. The van der Waals surface area contributed by atoms with Crippen molar-refractivity contribution in [3.05, 3.63) is 149 Å². The van der Waals surface area contributed by atoms with E-state index >= 15 is 0 Å². The molecule has 0 aliphatic carbocycles. The Morgan fingerprint density at radius 1 is 0.729 bits per heavy atom. The lowest BCUT2D eigenvalue weighted by Gasteiger charge is -2.20. The Hall–Kier alpha value is -6.22. The maximum Gasteiger partial charge on any atom is 0.335 e. The Labute approximate surface area is 278 Å². The third-order valence-corrected chi connectivity index (χ3v) is 8.07. The summed E-state index contributed by atoms with van der Waals surface area (Å²) >= 11 is 0. The molecular formula is C39H35N3O6. The number of aryl methyl sites for hydroxylation is 1. The number of carbonyl (C=O) groups is 4. The summed E-state index contributed by atoms with van der Waals surface area (Å²) in [5.41, 5.74) is 5.87. The second-order valence-corrected chi connectivity index (χ2v) is 11.2. The van der Waals surface area contributed by atoms with Gasteiger partial charge in [-0.3, -0.25) is 9.69 Å². The van der Waals surface area contributed by atoms with Crippen molar-refractivity contribution in [2.75, 3.05) is 22.6 Å². The molecule has 5 aromatic carbocycles. The molecular weight excluding hydrogens is 606 g/mol. The van der Waals surface area contributed by atoms with Gasteiger partial charge in [0.2, 0.25) is 0 Å². The van der Waals surface area contributed by atoms with E-state index in [0.717, 1.165) is 16.7 Å². The maximum absolute atomic E-state index is 13.2. The van der Waals surface area contributed by atoms with E-state index in [4.69, 9.17) is 0 Å². The van der Waals surface area contributed by atoms with E-state index in [0.29, 0.717) is 40.2 Å². The number of para-hydroxylation sites is 1. The van der Waals surface area contributed by atoms with Gasteiger partial charge in [0.05, 0.1) is 5.56 Å². The fourth-order valence-corrected chi connectivity index (χ4v) is 5.40. The topological polar surface area (TPSA) is 136 Å². The minimum absolute atomic E-state index is 0.180. The molecule has 0 saturated carbocycles. The van der Waals surface area contributed by atoms with Crippen LogP contribution in [0.4, 0.5) is 21.9 Å². The number of benzene rings is 5. The van der Waals surface area contributed by atoms with Gasteiger partial charge in [0.1, 0.15) is 6.04 Å². The lowest BCUT2D eigenvalue weighted by Crippen LogP contribution is -2.32. The first-order valence-electron chi connectivity index (χ1n) is 15.4. The molecule has 0 spiro atoms. The maximum atomic E-state index is 13.2. The molecule has 9 nitrogen and oxygen atoms in total. The second-order valence-electron chi connectivity index (χ2n) is 11.2. The van der Waals surface area contributed by atoms with Crippen LogP contribution in [0, 0.1) is 0 Å². The third kappa shape index (κ3) is 7.76. The predicted molar refractivity (Wildman–Crippen MR) is 187 cm³/mol. The van der Waals surface area contributed by atoms with Crippen LogP contribution >= 0.6 is 0 Å². The highest BCUT2D eigenvalue weighted by molar-refractivity contribution is 6.12. The number of carboxylic acids is 2. The van der Waals surface area contributed by atoms with E-state index in [-0.39, 0.29) is 23.8 Å². The lowest BCUT2D eigenvalue weighted by molar-refractivity contribution is -0.137. The SMILES string of the molecule is CCc1cc(NC(=O)N(C)c2cccc(-c3ccc(C[C@H](Nc4ccccc4C(=O)c4ccccc4)C(=O)O)cc3)c2)ccc1C(=O)O. The smallest absolute Gasteiger partial charge is 0.335 e. The molecule has 0 aromatic heterocycles. The Morgan fingerprint density at radius 2 is 1.44 bits per heavy atom. The number of hydrogen-bond donors (Lipinski definition) is 4. The van der Waals surface area contributed by atoms with Gasteiger partial charge in [-0.15, -0.1) is 0 Å². The van der Waals surface area contributed by atoms with Gasteiger partial charge in [-0.25, -0.2) is 14.4 Å². The average molecular weight is 642 g/mol. The van der Waals surface area contributed by atoms with E-state index in [1.807, 2.05) is 61.5 Å². The van der Waals surface area contributed by atoms with Gasteiger partial charge in [0.15, 0.2) is 5.78 Å².